The first-order chi connectivity index (χ1) is 6.20. The zero-order chi connectivity index (χ0) is 9.84. The summed E-state index contributed by atoms with van der Waals surface area (Å²) in [6.07, 6.45) is -3.29. The number of hydrogen-bond donors (Lipinski definition) is 3. The minimum atomic E-state index is -1.09. The standard InChI is InChI=1S/C7H13IO5/c8-1-4-6(10)7(11)5(2-9)13-3-12-4/h4-7,9-11H,1-3H2/t4-,5-,6+,7-/m0/s1. The van der Waals surface area contributed by atoms with Crippen molar-refractivity contribution in [3.05, 3.63) is 0 Å². The van der Waals surface area contributed by atoms with Crippen molar-refractivity contribution in [2.24, 2.45) is 0 Å². The Hall–Kier alpha value is 0.530. The largest absolute Gasteiger partial charge is 0.394 e. The third kappa shape index (κ3) is 2.74. The minimum Gasteiger partial charge on any atom is -0.394 e. The molecule has 6 heteroatoms. The normalized spacial score (nSPS) is 41.5. The fourth-order valence-electron chi connectivity index (χ4n) is 1.15. The topological polar surface area (TPSA) is 79.2 Å². The third-order valence-corrected chi connectivity index (χ3v) is 2.88. The number of rotatable bonds is 2. The Labute approximate surface area is 89.8 Å². The van der Waals surface area contributed by atoms with E-state index in [1.165, 1.54) is 0 Å². The molecule has 0 unspecified atom stereocenters. The smallest absolute Gasteiger partial charge is 0.147 e. The number of halogens is 1. The van der Waals surface area contributed by atoms with E-state index in [1.807, 2.05) is 0 Å². The summed E-state index contributed by atoms with van der Waals surface area (Å²) in [5.74, 6) is 0. The van der Waals surface area contributed by atoms with Gasteiger partial charge in [0.2, 0.25) is 0 Å². The summed E-state index contributed by atoms with van der Waals surface area (Å²) >= 11 is 2.05. The molecule has 0 bridgehead atoms. The van der Waals surface area contributed by atoms with Crippen LogP contribution in [0.3, 0.4) is 0 Å². The Morgan fingerprint density at radius 2 is 1.69 bits per heavy atom. The number of aliphatic hydroxyl groups is 3. The molecule has 0 aliphatic carbocycles. The number of hydrogen-bond acceptors (Lipinski definition) is 5. The van der Waals surface area contributed by atoms with Crippen LogP contribution in [0.4, 0.5) is 0 Å². The van der Waals surface area contributed by atoms with Gasteiger partial charge >= 0.3 is 0 Å². The second-order valence-corrected chi connectivity index (χ2v) is 3.73. The molecule has 0 amide bonds. The molecule has 0 aromatic heterocycles. The van der Waals surface area contributed by atoms with Gasteiger partial charge in [0.05, 0.1) is 12.7 Å². The highest BCUT2D eigenvalue weighted by Crippen LogP contribution is 2.16. The van der Waals surface area contributed by atoms with Gasteiger partial charge in [0.15, 0.2) is 0 Å². The number of aliphatic hydroxyl groups excluding tert-OH is 3. The first kappa shape index (κ1) is 11.6. The molecule has 1 rings (SSSR count). The lowest BCUT2D eigenvalue weighted by atomic mass is 10.0. The number of alkyl halides is 1. The summed E-state index contributed by atoms with van der Waals surface area (Å²) in [7, 11) is 0. The molecule has 78 valence electrons. The first-order valence-corrected chi connectivity index (χ1v) is 5.49. The van der Waals surface area contributed by atoms with Crippen molar-refractivity contribution in [3.8, 4) is 0 Å². The highest BCUT2D eigenvalue weighted by molar-refractivity contribution is 14.1. The van der Waals surface area contributed by atoms with Crippen LogP contribution in [0.2, 0.25) is 0 Å². The molecule has 4 atom stereocenters. The summed E-state index contributed by atoms with van der Waals surface area (Å²) in [5.41, 5.74) is 0. The van der Waals surface area contributed by atoms with Crippen LogP contribution in [-0.4, -0.2) is 57.6 Å². The zero-order valence-electron chi connectivity index (χ0n) is 6.97. The molecular weight excluding hydrogens is 291 g/mol. The van der Waals surface area contributed by atoms with Crippen molar-refractivity contribution in [1.29, 1.82) is 0 Å². The minimum absolute atomic E-state index is 0.00693. The molecule has 3 N–H and O–H groups in total. The third-order valence-electron chi connectivity index (χ3n) is 2.01. The van der Waals surface area contributed by atoms with Gasteiger partial charge in [-0.25, -0.2) is 0 Å². The van der Waals surface area contributed by atoms with Crippen LogP contribution in [0.1, 0.15) is 0 Å². The van der Waals surface area contributed by atoms with E-state index in [0.29, 0.717) is 4.43 Å². The van der Waals surface area contributed by atoms with E-state index in [-0.39, 0.29) is 13.4 Å². The molecule has 0 radical (unpaired) electrons. The lowest BCUT2D eigenvalue weighted by molar-refractivity contribution is -0.113. The summed E-state index contributed by atoms with van der Waals surface area (Å²) in [4.78, 5) is 0. The van der Waals surface area contributed by atoms with Crippen molar-refractivity contribution < 1.29 is 24.8 Å². The van der Waals surface area contributed by atoms with Gasteiger partial charge in [0.25, 0.3) is 0 Å². The predicted octanol–water partition coefficient (Wildman–Crippen LogP) is -1.12. The molecule has 1 saturated heterocycles. The van der Waals surface area contributed by atoms with Crippen LogP contribution in [0.5, 0.6) is 0 Å². The molecule has 1 heterocycles. The summed E-state index contributed by atoms with van der Waals surface area (Å²) < 4.78 is 10.7. The molecule has 1 fully saturated rings. The molecule has 5 nitrogen and oxygen atoms in total. The zero-order valence-corrected chi connectivity index (χ0v) is 9.12. The van der Waals surface area contributed by atoms with Crippen LogP contribution in [0.25, 0.3) is 0 Å². The average Bonchev–Trinajstić information content (AvgIpc) is 2.28. The van der Waals surface area contributed by atoms with Gasteiger partial charge in [-0.05, 0) is 0 Å². The number of ether oxygens (including phenoxy) is 2. The van der Waals surface area contributed by atoms with E-state index in [4.69, 9.17) is 14.6 Å². The molecule has 0 aromatic rings. The fraction of sp³-hybridized carbons (Fsp3) is 1.00. The van der Waals surface area contributed by atoms with E-state index in [9.17, 15) is 10.2 Å². The maximum absolute atomic E-state index is 9.55. The molecule has 0 saturated carbocycles. The summed E-state index contributed by atoms with van der Waals surface area (Å²) in [5, 5.41) is 27.9. The molecule has 1 aliphatic heterocycles. The van der Waals surface area contributed by atoms with Crippen LogP contribution in [0.15, 0.2) is 0 Å². The van der Waals surface area contributed by atoms with Crippen molar-refractivity contribution >= 4 is 22.6 Å². The van der Waals surface area contributed by atoms with Gasteiger partial charge < -0.3 is 24.8 Å². The van der Waals surface area contributed by atoms with Gasteiger partial charge in [-0.2, -0.15) is 0 Å². The highest BCUT2D eigenvalue weighted by atomic mass is 127. The van der Waals surface area contributed by atoms with Gasteiger partial charge in [0.1, 0.15) is 25.1 Å². The highest BCUT2D eigenvalue weighted by Gasteiger charge is 2.35. The molecule has 0 spiro atoms. The van der Waals surface area contributed by atoms with Gasteiger partial charge in [-0.15, -0.1) is 0 Å². The van der Waals surface area contributed by atoms with Crippen LogP contribution in [0, 0.1) is 0 Å². The van der Waals surface area contributed by atoms with Gasteiger partial charge in [-0.3, -0.25) is 0 Å². The van der Waals surface area contributed by atoms with E-state index < -0.39 is 24.4 Å². The quantitative estimate of drug-likeness (QED) is 0.445. The lowest BCUT2D eigenvalue weighted by Gasteiger charge is -2.23. The van der Waals surface area contributed by atoms with E-state index in [0.717, 1.165) is 0 Å². The van der Waals surface area contributed by atoms with Crippen LogP contribution >= 0.6 is 22.6 Å². The van der Waals surface area contributed by atoms with Crippen molar-refractivity contribution in [1.82, 2.24) is 0 Å². The Kier molecular flexibility index (Phi) is 4.84. The van der Waals surface area contributed by atoms with Crippen LogP contribution in [-0.2, 0) is 9.47 Å². The van der Waals surface area contributed by atoms with Crippen molar-refractivity contribution in [3.63, 3.8) is 0 Å². The lowest BCUT2D eigenvalue weighted by Crippen LogP contribution is -2.45. The van der Waals surface area contributed by atoms with Crippen LogP contribution < -0.4 is 0 Å². The Balaban J connectivity index is 2.61. The SMILES string of the molecule is OC[C@@H]1OCO[C@@H](CI)[C@@H](O)[C@H]1O. The van der Waals surface area contributed by atoms with Gasteiger partial charge in [-0.1, -0.05) is 22.6 Å². The molecule has 0 aromatic carbocycles. The first-order valence-electron chi connectivity index (χ1n) is 3.97. The fourth-order valence-corrected chi connectivity index (χ4v) is 1.92. The van der Waals surface area contributed by atoms with Gasteiger partial charge in [0, 0.05) is 4.43 Å². The Morgan fingerprint density at radius 3 is 2.23 bits per heavy atom. The van der Waals surface area contributed by atoms with Crippen molar-refractivity contribution in [2.75, 3.05) is 17.8 Å². The second kappa shape index (κ2) is 5.42. The van der Waals surface area contributed by atoms with E-state index in [1.54, 1.807) is 0 Å². The van der Waals surface area contributed by atoms with Crippen molar-refractivity contribution in [2.45, 2.75) is 24.4 Å². The van der Waals surface area contributed by atoms with E-state index in [2.05, 4.69) is 22.6 Å². The predicted molar refractivity (Wildman–Crippen MR) is 52.6 cm³/mol. The molecule has 13 heavy (non-hydrogen) atoms. The maximum Gasteiger partial charge on any atom is 0.147 e. The average molecular weight is 304 g/mol. The molecular formula is C7H13IO5. The monoisotopic (exact) mass is 304 g/mol. The summed E-state index contributed by atoms with van der Waals surface area (Å²) in [6.45, 7) is -0.331. The Morgan fingerprint density at radius 1 is 1.15 bits per heavy atom. The van der Waals surface area contributed by atoms with E-state index >= 15 is 0 Å². The Bertz CT molecular complexity index is 140. The second-order valence-electron chi connectivity index (χ2n) is 2.85. The molecule has 1 aliphatic rings. The summed E-state index contributed by atoms with van der Waals surface area (Å²) in [6, 6.07) is 0. The maximum atomic E-state index is 9.55.